The molecule has 0 saturated heterocycles. The summed E-state index contributed by atoms with van der Waals surface area (Å²) in [6.45, 7) is 1.99. The first kappa shape index (κ1) is 20.6. The zero-order valence-corrected chi connectivity index (χ0v) is 18.4. The summed E-state index contributed by atoms with van der Waals surface area (Å²) in [6.07, 6.45) is 0. The molecule has 0 aliphatic carbocycles. The van der Waals surface area contributed by atoms with Crippen LogP contribution in [-0.4, -0.2) is 29.4 Å². The number of aliphatic hydroxyl groups excluding tert-OH is 1. The molecule has 0 saturated carbocycles. The van der Waals surface area contributed by atoms with Gasteiger partial charge in [-0.25, -0.2) is 4.98 Å². The minimum absolute atomic E-state index is 0. The number of aliphatic hydroxyl groups is 1. The highest BCUT2D eigenvalue weighted by molar-refractivity contribution is 8.93. The maximum atomic E-state index is 9.50. The van der Waals surface area contributed by atoms with E-state index in [0.29, 0.717) is 10.6 Å². The van der Waals surface area contributed by atoms with Crippen molar-refractivity contribution in [2.24, 2.45) is 0 Å². The molecule has 0 amide bonds. The fourth-order valence-corrected chi connectivity index (χ4v) is 4.10. The number of nitrogens with zero attached hydrogens (tertiary/aromatic N) is 1. The highest BCUT2D eigenvalue weighted by Crippen LogP contribution is 2.36. The molecule has 0 atom stereocenters. The van der Waals surface area contributed by atoms with Crippen LogP contribution in [0.4, 0.5) is 10.8 Å². The van der Waals surface area contributed by atoms with E-state index in [1.165, 1.54) is 22.7 Å². The van der Waals surface area contributed by atoms with Crippen molar-refractivity contribution in [3.63, 3.8) is 0 Å². The Morgan fingerprint density at radius 3 is 2.62 bits per heavy atom. The molecule has 0 unspecified atom stereocenters. The molecule has 2 N–H and O–H groups in total. The molecule has 0 aliphatic heterocycles. The number of hydrogen-bond acceptors (Lipinski definition) is 7. The second-order valence-corrected chi connectivity index (χ2v) is 7.62. The van der Waals surface area contributed by atoms with Crippen LogP contribution in [0.1, 0.15) is 9.75 Å². The summed E-state index contributed by atoms with van der Waals surface area (Å²) in [4.78, 5) is 6.37. The van der Waals surface area contributed by atoms with E-state index in [0.717, 1.165) is 32.7 Å². The van der Waals surface area contributed by atoms with Gasteiger partial charge in [0.05, 0.1) is 30.5 Å². The molecule has 5 nitrogen and oxygen atoms in total. The minimum atomic E-state index is -0.0888. The molecule has 3 aromatic rings. The third-order valence-electron chi connectivity index (χ3n) is 3.56. The number of aromatic nitrogens is 1. The zero-order chi connectivity index (χ0) is 18.0. The highest BCUT2D eigenvalue weighted by Gasteiger charge is 2.14. The molecular formula is C17H17BrN2O3S3. The first-order valence-electron chi connectivity index (χ1n) is 7.30. The van der Waals surface area contributed by atoms with Gasteiger partial charge in [0.1, 0.15) is 11.5 Å². The summed E-state index contributed by atoms with van der Waals surface area (Å²) in [5, 5.41) is 15.4. The molecular weight excluding hydrogens is 456 g/mol. The molecule has 2 aromatic heterocycles. The molecule has 26 heavy (non-hydrogen) atoms. The molecule has 3 rings (SSSR count). The molecule has 1 aromatic carbocycles. The SMILES string of the molecule is Br.COc1ccc(OC)c(Nc2nc(-c3cc(C(O)=S)sc3C)cs2)c1. The minimum Gasteiger partial charge on any atom is -0.498 e. The van der Waals surface area contributed by atoms with Crippen LogP contribution < -0.4 is 14.8 Å². The first-order valence-corrected chi connectivity index (χ1v) is 9.41. The largest absolute Gasteiger partial charge is 0.498 e. The van der Waals surface area contributed by atoms with Crippen LogP contribution in [0, 0.1) is 6.92 Å². The van der Waals surface area contributed by atoms with Gasteiger partial charge in [-0.05, 0) is 37.3 Å². The Hall–Kier alpha value is -1.68. The summed E-state index contributed by atoms with van der Waals surface area (Å²) in [5.41, 5.74) is 2.59. The Kier molecular flexibility index (Phi) is 6.99. The summed E-state index contributed by atoms with van der Waals surface area (Å²) in [5.74, 6) is 1.44. The van der Waals surface area contributed by atoms with E-state index in [4.69, 9.17) is 21.7 Å². The van der Waals surface area contributed by atoms with Crippen LogP contribution in [0.3, 0.4) is 0 Å². The fourth-order valence-electron chi connectivity index (χ4n) is 2.32. The standard InChI is InChI=1S/C17H16N2O3S3.BrH/c1-9-11(7-15(25-9)16(20)23)13-8-24-17(19-13)18-12-6-10(21-2)4-5-14(12)22-3;/h4-8H,1-3H3,(H,18,19)(H,20,23);1H. The van der Waals surface area contributed by atoms with E-state index in [1.807, 2.05) is 36.6 Å². The topological polar surface area (TPSA) is 63.6 Å². The maximum Gasteiger partial charge on any atom is 0.198 e. The Balaban J connectivity index is 0.00000243. The van der Waals surface area contributed by atoms with Crippen molar-refractivity contribution >= 4 is 67.7 Å². The lowest BCUT2D eigenvalue weighted by atomic mass is 10.2. The smallest absolute Gasteiger partial charge is 0.198 e. The monoisotopic (exact) mass is 472 g/mol. The van der Waals surface area contributed by atoms with Crippen molar-refractivity contribution in [1.82, 2.24) is 4.98 Å². The van der Waals surface area contributed by atoms with Crippen LogP contribution in [-0.2, 0) is 0 Å². The number of thiophene rings is 1. The normalized spacial score (nSPS) is 10.1. The first-order chi connectivity index (χ1) is 12.0. The lowest BCUT2D eigenvalue weighted by Gasteiger charge is -2.10. The Labute approximate surface area is 175 Å². The number of aryl methyl sites for hydroxylation is 1. The summed E-state index contributed by atoms with van der Waals surface area (Å²) < 4.78 is 10.6. The third kappa shape index (κ3) is 4.35. The lowest BCUT2D eigenvalue weighted by molar-refractivity contribution is 0.405. The van der Waals surface area contributed by atoms with Gasteiger partial charge in [0.25, 0.3) is 0 Å². The number of hydrogen-bond donors (Lipinski definition) is 2. The van der Waals surface area contributed by atoms with Gasteiger partial charge in [-0.15, -0.1) is 39.7 Å². The highest BCUT2D eigenvalue weighted by atomic mass is 79.9. The number of nitrogens with one attached hydrogen (secondary N) is 1. The van der Waals surface area contributed by atoms with E-state index >= 15 is 0 Å². The van der Waals surface area contributed by atoms with Crippen molar-refractivity contribution in [1.29, 1.82) is 0 Å². The van der Waals surface area contributed by atoms with Crippen LogP contribution in [0.15, 0.2) is 29.6 Å². The number of ether oxygens (including phenoxy) is 2. The van der Waals surface area contributed by atoms with Crippen molar-refractivity contribution < 1.29 is 14.6 Å². The van der Waals surface area contributed by atoms with Gasteiger partial charge >= 0.3 is 0 Å². The van der Waals surface area contributed by atoms with E-state index in [-0.39, 0.29) is 22.0 Å². The van der Waals surface area contributed by atoms with Crippen molar-refractivity contribution in [2.45, 2.75) is 6.92 Å². The van der Waals surface area contributed by atoms with E-state index in [2.05, 4.69) is 10.3 Å². The number of rotatable bonds is 6. The molecule has 0 radical (unpaired) electrons. The van der Waals surface area contributed by atoms with Crippen molar-refractivity contribution in [3.05, 3.63) is 39.4 Å². The van der Waals surface area contributed by atoms with Gasteiger partial charge in [0.15, 0.2) is 10.2 Å². The number of thiazole rings is 1. The third-order valence-corrected chi connectivity index (χ3v) is 5.72. The molecule has 0 bridgehead atoms. The van der Waals surface area contributed by atoms with E-state index in [1.54, 1.807) is 14.2 Å². The van der Waals surface area contributed by atoms with Gasteiger partial charge < -0.3 is 19.9 Å². The number of benzene rings is 1. The van der Waals surface area contributed by atoms with E-state index < -0.39 is 0 Å². The van der Waals surface area contributed by atoms with Crippen molar-refractivity contribution in [2.75, 3.05) is 19.5 Å². The van der Waals surface area contributed by atoms with Crippen LogP contribution in [0.2, 0.25) is 0 Å². The van der Waals surface area contributed by atoms with Gasteiger partial charge in [-0.2, -0.15) is 0 Å². The molecule has 9 heteroatoms. The Morgan fingerprint density at radius 2 is 2.00 bits per heavy atom. The van der Waals surface area contributed by atoms with Crippen LogP contribution in [0.25, 0.3) is 11.3 Å². The molecule has 0 spiro atoms. The number of methoxy groups -OCH3 is 2. The van der Waals surface area contributed by atoms with Gasteiger partial charge in [-0.1, -0.05) is 0 Å². The average molecular weight is 473 g/mol. The summed E-state index contributed by atoms with van der Waals surface area (Å²) in [6, 6.07) is 7.41. The second kappa shape index (κ2) is 8.81. The molecule has 0 fully saturated rings. The molecule has 0 aliphatic rings. The summed E-state index contributed by atoms with van der Waals surface area (Å²) >= 11 is 7.79. The number of anilines is 2. The second-order valence-electron chi connectivity index (χ2n) is 5.11. The Bertz CT molecular complexity index is 924. The quantitative estimate of drug-likeness (QED) is 0.445. The van der Waals surface area contributed by atoms with Gasteiger partial charge in [0.2, 0.25) is 0 Å². The zero-order valence-electron chi connectivity index (χ0n) is 14.2. The average Bonchev–Trinajstić information content (AvgIpc) is 3.21. The molecule has 138 valence electrons. The molecule has 2 heterocycles. The number of halogens is 1. The maximum absolute atomic E-state index is 9.50. The predicted octanol–water partition coefficient (Wildman–Crippen LogP) is 5.75. The van der Waals surface area contributed by atoms with Crippen LogP contribution >= 0.6 is 51.9 Å². The predicted molar refractivity (Wildman–Crippen MR) is 118 cm³/mol. The van der Waals surface area contributed by atoms with Crippen LogP contribution in [0.5, 0.6) is 11.5 Å². The fraction of sp³-hybridized carbons (Fsp3) is 0.176. The lowest BCUT2D eigenvalue weighted by Crippen LogP contribution is -1.95. The van der Waals surface area contributed by atoms with Gasteiger partial charge in [-0.3, -0.25) is 0 Å². The number of thiocarbonyl (C=S) groups is 1. The van der Waals surface area contributed by atoms with E-state index in [9.17, 15) is 5.11 Å². The van der Waals surface area contributed by atoms with Gasteiger partial charge in [0, 0.05) is 21.9 Å². The summed E-state index contributed by atoms with van der Waals surface area (Å²) in [7, 11) is 3.24. The Morgan fingerprint density at radius 1 is 1.23 bits per heavy atom. The van der Waals surface area contributed by atoms with Crippen molar-refractivity contribution in [3.8, 4) is 22.8 Å².